The van der Waals surface area contributed by atoms with E-state index in [-0.39, 0.29) is 0 Å². The first kappa shape index (κ1) is 12.2. The van der Waals surface area contributed by atoms with Crippen LogP contribution in [-0.4, -0.2) is 31.1 Å². The lowest BCUT2D eigenvalue weighted by Gasteiger charge is -2.26. The number of hydrogen-bond donors (Lipinski definition) is 1. The summed E-state index contributed by atoms with van der Waals surface area (Å²) in [6, 6.07) is 7.11. The Kier molecular flexibility index (Phi) is 3.96. The van der Waals surface area contributed by atoms with Crippen LogP contribution in [0.3, 0.4) is 0 Å². The van der Waals surface area contributed by atoms with Gasteiger partial charge in [0.2, 0.25) is 0 Å². The number of nitrogens with one attached hydrogen (secondary N) is 1. The second-order valence-electron chi connectivity index (χ2n) is 5.68. The van der Waals surface area contributed by atoms with Gasteiger partial charge in [-0.3, -0.25) is 0 Å². The van der Waals surface area contributed by atoms with Gasteiger partial charge in [0.05, 0.1) is 0 Å². The molecule has 1 N–H and O–H groups in total. The predicted molar refractivity (Wildman–Crippen MR) is 75.8 cm³/mol. The molecule has 1 aromatic rings. The predicted octanol–water partition coefficient (Wildman–Crippen LogP) is 2.36. The highest BCUT2D eigenvalue weighted by atomic mass is 15.1. The van der Waals surface area contributed by atoms with Crippen molar-refractivity contribution in [2.45, 2.75) is 38.6 Å². The van der Waals surface area contributed by atoms with Gasteiger partial charge in [0.1, 0.15) is 0 Å². The molecule has 2 aliphatic heterocycles. The van der Waals surface area contributed by atoms with Crippen LogP contribution in [0.2, 0.25) is 0 Å². The third-order valence-electron chi connectivity index (χ3n) is 4.32. The summed E-state index contributed by atoms with van der Waals surface area (Å²) in [5.41, 5.74) is 4.59. The average Bonchev–Trinajstić information content (AvgIpc) is 2.46. The summed E-state index contributed by atoms with van der Waals surface area (Å²) in [6.07, 6.45) is 6.64. The fourth-order valence-electron chi connectivity index (χ4n) is 3.16. The molecule has 0 bridgehead atoms. The summed E-state index contributed by atoms with van der Waals surface area (Å²) in [7, 11) is 0. The highest BCUT2D eigenvalue weighted by Crippen LogP contribution is 2.17. The first-order valence-electron chi connectivity index (χ1n) is 7.45. The van der Waals surface area contributed by atoms with E-state index in [0.717, 1.165) is 13.1 Å². The smallest absolute Gasteiger partial charge is 0.0208 e. The zero-order valence-electron chi connectivity index (χ0n) is 11.3. The first-order chi connectivity index (χ1) is 8.92. The minimum Gasteiger partial charge on any atom is -0.312 e. The molecule has 1 aromatic carbocycles. The van der Waals surface area contributed by atoms with Crippen molar-refractivity contribution in [3.63, 3.8) is 0 Å². The molecule has 2 nitrogen and oxygen atoms in total. The monoisotopic (exact) mass is 244 g/mol. The van der Waals surface area contributed by atoms with Crippen molar-refractivity contribution in [3.05, 3.63) is 34.9 Å². The first-order valence-corrected chi connectivity index (χ1v) is 7.45. The van der Waals surface area contributed by atoms with Gasteiger partial charge in [0, 0.05) is 13.1 Å². The van der Waals surface area contributed by atoms with Gasteiger partial charge in [0.25, 0.3) is 0 Å². The zero-order valence-corrected chi connectivity index (χ0v) is 11.3. The maximum Gasteiger partial charge on any atom is 0.0208 e. The molecular formula is C16H24N2. The van der Waals surface area contributed by atoms with E-state index in [2.05, 4.69) is 28.4 Å². The molecule has 18 heavy (non-hydrogen) atoms. The number of fused-ring (bicyclic) bond motifs is 1. The molecule has 0 unspecified atom stereocenters. The second-order valence-corrected chi connectivity index (χ2v) is 5.68. The molecule has 3 rings (SSSR count). The van der Waals surface area contributed by atoms with Gasteiger partial charge in [-0.15, -0.1) is 0 Å². The van der Waals surface area contributed by atoms with Crippen molar-refractivity contribution in [2.24, 2.45) is 0 Å². The second kappa shape index (κ2) is 5.85. The molecule has 0 atom stereocenters. The van der Waals surface area contributed by atoms with E-state index in [1.165, 1.54) is 62.9 Å². The van der Waals surface area contributed by atoms with Gasteiger partial charge in [-0.05, 0) is 62.0 Å². The third-order valence-corrected chi connectivity index (χ3v) is 4.32. The third kappa shape index (κ3) is 2.93. The summed E-state index contributed by atoms with van der Waals surface area (Å²) in [4.78, 5) is 2.63. The minimum atomic E-state index is 1.06. The van der Waals surface area contributed by atoms with Gasteiger partial charge in [-0.2, -0.15) is 0 Å². The van der Waals surface area contributed by atoms with Crippen molar-refractivity contribution in [1.82, 2.24) is 10.2 Å². The largest absolute Gasteiger partial charge is 0.312 e. The van der Waals surface area contributed by atoms with Crippen LogP contribution in [0.4, 0.5) is 0 Å². The molecule has 2 heteroatoms. The van der Waals surface area contributed by atoms with E-state index in [9.17, 15) is 0 Å². The van der Waals surface area contributed by atoms with E-state index >= 15 is 0 Å². The SMILES string of the molecule is c1cc2c(cc1CCN1CCCCC1)CNCC2. The lowest BCUT2D eigenvalue weighted by Crippen LogP contribution is -2.31. The van der Waals surface area contributed by atoms with Crippen LogP contribution in [0.5, 0.6) is 0 Å². The Bertz CT molecular complexity index is 394. The van der Waals surface area contributed by atoms with Crippen molar-refractivity contribution < 1.29 is 0 Å². The molecule has 1 saturated heterocycles. The highest BCUT2D eigenvalue weighted by Gasteiger charge is 2.11. The maximum absolute atomic E-state index is 3.46. The molecule has 0 aromatic heterocycles. The molecule has 0 aliphatic carbocycles. The Hall–Kier alpha value is -0.860. The number of hydrogen-bond acceptors (Lipinski definition) is 2. The van der Waals surface area contributed by atoms with E-state index in [4.69, 9.17) is 0 Å². The van der Waals surface area contributed by atoms with Gasteiger partial charge >= 0.3 is 0 Å². The van der Waals surface area contributed by atoms with Gasteiger partial charge in [-0.25, -0.2) is 0 Å². The molecule has 1 fully saturated rings. The lowest BCUT2D eigenvalue weighted by molar-refractivity contribution is 0.231. The van der Waals surface area contributed by atoms with E-state index in [1.54, 1.807) is 5.56 Å². The minimum absolute atomic E-state index is 1.06. The Morgan fingerprint density at radius 2 is 1.94 bits per heavy atom. The normalized spacial score (nSPS) is 20.7. The average molecular weight is 244 g/mol. The van der Waals surface area contributed by atoms with Crippen LogP contribution >= 0.6 is 0 Å². The van der Waals surface area contributed by atoms with Crippen molar-refractivity contribution in [3.8, 4) is 0 Å². The number of nitrogens with zero attached hydrogens (tertiary/aromatic N) is 1. The topological polar surface area (TPSA) is 15.3 Å². The van der Waals surface area contributed by atoms with Crippen LogP contribution in [0.25, 0.3) is 0 Å². The van der Waals surface area contributed by atoms with E-state index < -0.39 is 0 Å². The molecule has 0 amide bonds. The van der Waals surface area contributed by atoms with Crippen molar-refractivity contribution >= 4 is 0 Å². The number of rotatable bonds is 3. The molecule has 98 valence electrons. The van der Waals surface area contributed by atoms with Crippen molar-refractivity contribution in [2.75, 3.05) is 26.2 Å². The Morgan fingerprint density at radius 3 is 2.83 bits per heavy atom. The molecule has 0 saturated carbocycles. The van der Waals surface area contributed by atoms with Crippen LogP contribution < -0.4 is 5.32 Å². The standard InChI is InChI=1S/C16H24N2/c1-2-9-18(10-3-1)11-7-14-4-5-15-6-8-17-13-16(15)12-14/h4-5,12,17H,1-3,6-11,13H2. The Balaban J connectivity index is 1.58. The number of piperidine rings is 1. The number of likely N-dealkylation sites (tertiary alicyclic amines) is 1. The lowest BCUT2D eigenvalue weighted by atomic mass is 9.97. The Morgan fingerprint density at radius 1 is 1.06 bits per heavy atom. The summed E-state index contributed by atoms with van der Waals surface area (Å²) in [6.45, 7) is 6.07. The summed E-state index contributed by atoms with van der Waals surface area (Å²) in [5, 5.41) is 3.46. The Labute approximate surface area is 110 Å². The van der Waals surface area contributed by atoms with Crippen LogP contribution in [0.15, 0.2) is 18.2 Å². The molecular weight excluding hydrogens is 220 g/mol. The summed E-state index contributed by atoms with van der Waals surface area (Å²) in [5.74, 6) is 0. The maximum atomic E-state index is 3.46. The fourth-order valence-corrected chi connectivity index (χ4v) is 3.16. The zero-order chi connectivity index (χ0) is 12.2. The number of benzene rings is 1. The van der Waals surface area contributed by atoms with E-state index in [1.807, 2.05) is 0 Å². The van der Waals surface area contributed by atoms with Crippen molar-refractivity contribution in [1.29, 1.82) is 0 Å². The van der Waals surface area contributed by atoms with Gasteiger partial charge in [0.15, 0.2) is 0 Å². The van der Waals surface area contributed by atoms with Crippen LogP contribution in [0.1, 0.15) is 36.0 Å². The van der Waals surface area contributed by atoms with E-state index in [0.29, 0.717) is 0 Å². The molecule has 2 heterocycles. The molecule has 0 radical (unpaired) electrons. The van der Waals surface area contributed by atoms with Gasteiger partial charge in [-0.1, -0.05) is 24.6 Å². The molecule has 2 aliphatic rings. The highest BCUT2D eigenvalue weighted by molar-refractivity contribution is 5.33. The fraction of sp³-hybridized carbons (Fsp3) is 0.625. The summed E-state index contributed by atoms with van der Waals surface area (Å²) < 4.78 is 0. The quantitative estimate of drug-likeness (QED) is 0.878. The molecule has 0 spiro atoms. The van der Waals surface area contributed by atoms with Crippen LogP contribution in [-0.2, 0) is 19.4 Å². The van der Waals surface area contributed by atoms with Gasteiger partial charge < -0.3 is 10.2 Å². The summed E-state index contributed by atoms with van der Waals surface area (Å²) >= 11 is 0. The van der Waals surface area contributed by atoms with Crippen LogP contribution in [0, 0.1) is 0 Å².